The molecular formula is C21H26O2. The number of furan rings is 1. The van der Waals surface area contributed by atoms with Crippen LogP contribution < -0.4 is 10.6 Å². The van der Waals surface area contributed by atoms with Gasteiger partial charge >= 0.3 is 0 Å². The van der Waals surface area contributed by atoms with Gasteiger partial charge in [0.05, 0.1) is 6.10 Å². The minimum Gasteiger partial charge on any atom is -0.491 e. The second kappa shape index (κ2) is 7.08. The van der Waals surface area contributed by atoms with Crippen molar-refractivity contribution in [1.29, 1.82) is 0 Å². The molecule has 2 heteroatoms. The minimum absolute atomic E-state index is 0.240. The maximum absolute atomic E-state index is 6.23. The predicted octanol–water partition coefficient (Wildman–Crippen LogP) is 4.66. The van der Waals surface area contributed by atoms with Gasteiger partial charge in [-0.05, 0) is 37.8 Å². The largest absolute Gasteiger partial charge is 0.491 e. The highest BCUT2D eigenvalue weighted by Gasteiger charge is 2.18. The third-order valence-corrected chi connectivity index (χ3v) is 4.38. The van der Waals surface area contributed by atoms with E-state index in [9.17, 15) is 0 Å². The van der Waals surface area contributed by atoms with Crippen LogP contribution >= 0.6 is 0 Å². The summed E-state index contributed by atoms with van der Waals surface area (Å²) in [6.07, 6.45) is 9.92. The molecule has 1 aromatic heterocycles. The van der Waals surface area contributed by atoms with Crippen LogP contribution in [0.1, 0.15) is 52.9 Å². The summed E-state index contributed by atoms with van der Waals surface area (Å²) < 4.78 is 12.4. The normalized spacial score (nSPS) is 16.1. The Bertz CT molecular complexity index is 823. The van der Waals surface area contributed by atoms with Crippen LogP contribution in [-0.2, 0) is 4.74 Å². The van der Waals surface area contributed by atoms with Gasteiger partial charge in [0.1, 0.15) is 11.3 Å². The van der Waals surface area contributed by atoms with E-state index >= 15 is 0 Å². The topological polar surface area (TPSA) is 22.4 Å². The molecule has 0 N–H and O–H groups in total. The molecular weight excluding hydrogens is 284 g/mol. The second-order valence-corrected chi connectivity index (χ2v) is 6.28. The van der Waals surface area contributed by atoms with Gasteiger partial charge in [0, 0.05) is 17.0 Å². The molecule has 0 saturated carbocycles. The fourth-order valence-electron chi connectivity index (χ4n) is 3.29. The third-order valence-electron chi connectivity index (χ3n) is 4.38. The molecule has 0 bridgehead atoms. The number of para-hydroxylation sites is 1. The Balaban J connectivity index is 2.22. The number of rotatable bonds is 6. The zero-order valence-electron chi connectivity index (χ0n) is 14.4. The van der Waals surface area contributed by atoms with Crippen molar-refractivity contribution >= 4 is 22.3 Å². The van der Waals surface area contributed by atoms with Crippen molar-refractivity contribution in [2.24, 2.45) is 0 Å². The first kappa shape index (κ1) is 15.9. The number of benzene rings is 1. The van der Waals surface area contributed by atoms with Gasteiger partial charge in [-0.3, -0.25) is 0 Å². The van der Waals surface area contributed by atoms with Crippen LogP contribution in [-0.4, -0.2) is 6.10 Å². The Morgan fingerprint density at radius 3 is 2.83 bits per heavy atom. The first-order chi connectivity index (χ1) is 11.2. The van der Waals surface area contributed by atoms with Gasteiger partial charge < -0.3 is 9.15 Å². The molecule has 0 saturated heterocycles. The number of fused-ring (bicyclic) bond motifs is 3. The van der Waals surface area contributed by atoms with Crippen molar-refractivity contribution in [1.82, 2.24) is 0 Å². The molecule has 1 atom stereocenters. The lowest BCUT2D eigenvalue weighted by atomic mass is 9.99. The molecule has 1 aromatic carbocycles. The van der Waals surface area contributed by atoms with E-state index in [2.05, 4.69) is 45.1 Å². The van der Waals surface area contributed by atoms with E-state index in [4.69, 9.17) is 9.15 Å². The van der Waals surface area contributed by atoms with Crippen molar-refractivity contribution in [3.63, 3.8) is 0 Å². The van der Waals surface area contributed by atoms with E-state index < -0.39 is 0 Å². The molecule has 1 aliphatic rings. The smallest absolute Gasteiger partial charge is 0.173 e. The van der Waals surface area contributed by atoms with Crippen LogP contribution in [0.15, 0.2) is 40.8 Å². The third kappa shape index (κ3) is 3.21. The summed E-state index contributed by atoms with van der Waals surface area (Å²) in [7, 11) is 0. The van der Waals surface area contributed by atoms with Gasteiger partial charge in [0.2, 0.25) is 0 Å². The van der Waals surface area contributed by atoms with Gasteiger partial charge in [-0.25, -0.2) is 0 Å². The van der Waals surface area contributed by atoms with Crippen molar-refractivity contribution in [3.05, 3.63) is 47.1 Å². The summed E-state index contributed by atoms with van der Waals surface area (Å²) in [5, 5.41) is 2.43. The summed E-state index contributed by atoms with van der Waals surface area (Å²) >= 11 is 0. The van der Waals surface area contributed by atoms with Gasteiger partial charge in [0.15, 0.2) is 5.42 Å². The molecule has 122 valence electrons. The highest BCUT2D eigenvalue weighted by molar-refractivity contribution is 5.83. The molecule has 23 heavy (non-hydrogen) atoms. The summed E-state index contributed by atoms with van der Waals surface area (Å²) in [5.74, 6) is 1.02. The first-order valence-electron chi connectivity index (χ1n) is 8.81. The van der Waals surface area contributed by atoms with Crippen LogP contribution in [0.3, 0.4) is 0 Å². The van der Waals surface area contributed by atoms with Gasteiger partial charge in [0.25, 0.3) is 0 Å². The quantitative estimate of drug-likeness (QED) is 0.774. The molecule has 2 aromatic rings. The number of allylic oxidation sites excluding steroid dienone is 2. The Morgan fingerprint density at radius 1 is 1.22 bits per heavy atom. The summed E-state index contributed by atoms with van der Waals surface area (Å²) in [6, 6.07) is 8.30. The molecule has 3 rings (SSSR count). The SMILES string of the molecule is CC/C=C/C1=c2c(oc3ccccc23)=C(OC(C)CCC)CC1. The fourth-order valence-corrected chi connectivity index (χ4v) is 3.29. The number of ether oxygens (including phenoxy) is 1. The predicted molar refractivity (Wildman–Crippen MR) is 96.4 cm³/mol. The number of hydrogen-bond acceptors (Lipinski definition) is 2. The zero-order valence-corrected chi connectivity index (χ0v) is 14.4. The second-order valence-electron chi connectivity index (χ2n) is 6.28. The van der Waals surface area contributed by atoms with E-state index in [-0.39, 0.29) is 6.10 Å². The maximum Gasteiger partial charge on any atom is 0.173 e. The maximum atomic E-state index is 6.23. The lowest BCUT2D eigenvalue weighted by Crippen LogP contribution is -2.30. The molecule has 1 aliphatic carbocycles. The van der Waals surface area contributed by atoms with Crippen LogP contribution in [0.5, 0.6) is 0 Å². The monoisotopic (exact) mass is 310 g/mol. The van der Waals surface area contributed by atoms with Crippen LogP contribution in [0.4, 0.5) is 0 Å². The van der Waals surface area contributed by atoms with E-state index in [0.717, 1.165) is 48.9 Å². The Hall–Kier alpha value is -1.96. The van der Waals surface area contributed by atoms with E-state index in [1.165, 1.54) is 16.2 Å². The van der Waals surface area contributed by atoms with Gasteiger partial charge in [-0.1, -0.05) is 50.6 Å². The Kier molecular flexibility index (Phi) is 4.90. The standard InChI is InChI=1S/C21H26O2/c1-4-6-10-16-13-14-19(22-15(3)9-5-2)21-20(16)17-11-7-8-12-18(17)23-21/h6-8,10-12,15H,4-5,9,13-14H2,1-3H3/b10-6+. The van der Waals surface area contributed by atoms with E-state index in [1.807, 2.05) is 12.1 Å². The minimum atomic E-state index is 0.240. The van der Waals surface area contributed by atoms with Crippen LogP contribution in [0, 0.1) is 0 Å². The summed E-state index contributed by atoms with van der Waals surface area (Å²) in [5.41, 5.74) is 3.25. The van der Waals surface area contributed by atoms with Gasteiger partial charge in [-0.2, -0.15) is 0 Å². The van der Waals surface area contributed by atoms with Gasteiger partial charge in [-0.15, -0.1) is 0 Å². The van der Waals surface area contributed by atoms with Crippen molar-refractivity contribution in [2.75, 3.05) is 0 Å². The lowest BCUT2D eigenvalue weighted by Gasteiger charge is -2.18. The molecule has 0 amide bonds. The van der Waals surface area contributed by atoms with E-state index in [0.29, 0.717) is 0 Å². The number of hydrogen-bond donors (Lipinski definition) is 0. The first-order valence-corrected chi connectivity index (χ1v) is 8.81. The molecule has 0 spiro atoms. The van der Waals surface area contributed by atoms with Crippen LogP contribution in [0.25, 0.3) is 22.3 Å². The molecule has 0 radical (unpaired) electrons. The molecule has 1 heterocycles. The lowest BCUT2D eigenvalue weighted by molar-refractivity contribution is 0.160. The Labute approximate surface area is 138 Å². The molecule has 2 nitrogen and oxygen atoms in total. The molecule has 1 unspecified atom stereocenters. The highest BCUT2D eigenvalue weighted by Crippen LogP contribution is 2.22. The fraction of sp³-hybridized carbons (Fsp3) is 0.429. The van der Waals surface area contributed by atoms with Crippen molar-refractivity contribution < 1.29 is 9.15 Å². The molecule has 0 aliphatic heterocycles. The molecule has 0 fully saturated rings. The van der Waals surface area contributed by atoms with E-state index in [1.54, 1.807) is 0 Å². The summed E-state index contributed by atoms with van der Waals surface area (Å²) in [4.78, 5) is 0. The highest BCUT2D eigenvalue weighted by atomic mass is 16.5. The van der Waals surface area contributed by atoms with Crippen molar-refractivity contribution in [2.45, 2.75) is 59.0 Å². The Morgan fingerprint density at radius 2 is 2.04 bits per heavy atom. The van der Waals surface area contributed by atoms with Crippen molar-refractivity contribution in [3.8, 4) is 0 Å². The summed E-state index contributed by atoms with van der Waals surface area (Å²) in [6.45, 7) is 6.51. The van der Waals surface area contributed by atoms with Crippen LogP contribution in [0.2, 0.25) is 0 Å². The average Bonchev–Trinajstić information content (AvgIpc) is 2.94. The zero-order chi connectivity index (χ0) is 16.2. The average molecular weight is 310 g/mol.